The van der Waals surface area contributed by atoms with Crippen molar-refractivity contribution in [2.45, 2.75) is 46.5 Å². The van der Waals surface area contributed by atoms with E-state index in [0.717, 1.165) is 24.8 Å². The fraction of sp³-hybridized carbons (Fsp3) is 0.636. The van der Waals surface area contributed by atoms with Crippen LogP contribution in [0.4, 0.5) is 0 Å². The lowest BCUT2D eigenvalue weighted by atomic mass is 9.47. The van der Waals surface area contributed by atoms with Crippen LogP contribution in [0.2, 0.25) is 0 Å². The van der Waals surface area contributed by atoms with Gasteiger partial charge in [-0.15, -0.1) is 0 Å². The maximum Gasteiger partial charge on any atom is 0.372 e. The van der Waals surface area contributed by atoms with Crippen LogP contribution in [-0.4, -0.2) is 28.4 Å². The number of rotatable bonds is 2. The lowest BCUT2D eigenvalue weighted by Gasteiger charge is -2.55. The van der Waals surface area contributed by atoms with Gasteiger partial charge >= 0.3 is 5.97 Å². The number of Topliss-reactive ketones (excluding diaryl/α,β-unsaturated/α-hetero) is 2. The van der Waals surface area contributed by atoms with E-state index in [1.54, 1.807) is 12.2 Å². The van der Waals surface area contributed by atoms with Gasteiger partial charge in [0.1, 0.15) is 5.78 Å². The molecular formula is C22H26O5. The van der Waals surface area contributed by atoms with Crippen molar-refractivity contribution in [1.29, 1.82) is 0 Å². The predicted molar refractivity (Wildman–Crippen MR) is 97.7 cm³/mol. The van der Waals surface area contributed by atoms with Crippen LogP contribution in [0.15, 0.2) is 23.8 Å². The highest BCUT2D eigenvalue weighted by Crippen LogP contribution is 2.66. The first-order valence-corrected chi connectivity index (χ1v) is 9.83. The molecule has 0 heterocycles. The van der Waals surface area contributed by atoms with Gasteiger partial charge in [-0.1, -0.05) is 32.4 Å². The zero-order valence-corrected chi connectivity index (χ0v) is 16.0. The molecule has 1 N–H and O–H groups in total. The van der Waals surface area contributed by atoms with Crippen LogP contribution >= 0.6 is 0 Å². The van der Waals surface area contributed by atoms with Crippen molar-refractivity contribution < 1.29 is 24.3 Å². The van der Waals surface area contributed by atoms with Gasteiger partial charge in [-0.3, -0.25) is 14.4 Å². The Bertz CT molecular complexity index is 821. The minimum Gasteiger partial charge on any atom is -0.475 e. The molecule has 4 rings (SSSR count). The van der Waals surface area contributed by atoms with Crippen LogP contribution in [0.5, 0.6) is 0 Å². The van der Waals surface area contributed by atoms with E-state index < -0.39 is 28.5 Å². The normalized spacial score (nSPS) is 45.6. The third-order valence-electron chi connectivity index (χ3n) is 8.09. The summed E-state index contributed by atoms with van der Waals surface area (Å²) >= 11 is 0. The smallest absolute Gasteiger partial charge is 0.372 e. The third kappa shape index (κ3) is 2.36. The largest absolute Gasteiger partial charge is 0.475 e. The summed E-state index contributed by atoms with van der Waals surface area (Å²) in [4.78, 5) is 49.0. The highest BCUT2D eigenvalue weighted by atomic mass is 16.4. The monoisotopic (exact) mass is 370 g/mol. The van der Waals surface area contributed by atoms with Crippen molar-refractivity contribution in [3.63, 3.8) is 0 Å². The van der Waals surface area contributed by atoms with Crippen LogP contribution in [0.3, 0.4) is 0 Å². The van der Waals surface area contributed by atoms with E-state index in [4.69, 9.17) is 0 Å². The van der Waals surface area contributed by atoms with Gasteiger partial charge in [0.15, 0.2) is 5.78 Å². The van der Waals surface area contributed by atoms with Crippen LogP contribution in [0, 0.1) is 40.4 Å². The van der Waals surface area contributed by atoms with Crippen molar-refractivity contribution in [3.05, 3.63) is 23.8 Å². The summed E-state index contributed by atoms with van der Waals surface area (Å²) < 4.78 is 0. The van der Waals surface area contributed by atoms with Crippen molar-refractivity contribution in [3.8, 4) is 0 Å². The zero-order valence-electron chi connectivity index (χ0n) is 16.0. The summed E-state index contributed by atoms with van der Waals surface area (Å²) in [6.07, 6.45) is 7.79. The number of fused-ring (bicyclic) bond motifs is 5. The number of hydrogen-bond acceptors (Lipinski definition) is 4. The second-order valence-corrected chi connectivity index (χ2v) is 9.48. The Morgan fingerprint density at radius 3 is 2.59 bits per heavy atom. The van der Waals surface area contributed by atoms with E-state index >= 15 is 0 Å². The molecule has 5 nitrogen and oxygen atoms in total. The van der Waals surface area contributed by atoms with Crippen LogP contribution < -0.4 is 0 Å². The minimum atomic E-state index is -1.39. The van der Waals surface area contributed by atoms with E-state index in [1.807, 2.05) is 19.9 Å². The van der Waals surface area contributed by atoms with Gasteiger partial charge in [0.25, 0.3) is 0 Å². The SMILES string of the molecule is CC1C[C@H]2[C@@H]3CCC4=CC(=O)C=C[C@]4(C)[C@H]3C(=O)C[C@]2(C)[C@H]1C(=O)C(=O)O. The number of carbonyl (C=O) groups is 4. The molecule has 0 spiro atoms. The molecule has 1 unspecified atom stereocenters. The Balaban J connectivity index is 1.75. The molecule has 5 heteroatoms. The van der Waals surface area contributed by atoms with E-state index in [-0.39, 0.29) is 41.7 Å². The summed E-state index contributed by atoms with van der Waals surface area (Å²) in [5.41, 5.74) is 0.0177. The first-order chi connectivity index (χ1) is 12.6. The van der Waals surface area contributed by atoms with Crippen molar-refractivity contribution in [1.82, 2.24) is 0 Å². The van der Waals surface area contributed by atoms with Crippen molar-refractivity contribution in [2.24, 2.45) is 40.4 Å². The third-order valence-corrected chi connectivity index (χ3v) is 8.09. The van der Waals surface area contributed by atoms with Crippen LogP contribution in [0.25, 0.3) is 0 Å². The molecule has 0 saturated heterocycles. The van der Waals surface area contributed by atoms with Gasteiger partial charge in [0, 0.05) is 23.7 Å². The van der Waals surface area contributed by atoms with Gasteiger partial charge in [0.05, 0.1) is 0 Å². The van der Waals surface area contributed by atoms with E-state index in [2.05, 4.69) is 6.92 Å². The highest BCUT2D eigenvalue weighted by Gasteiger charge is 2.64. The zero-order chi connectivity index (χ0) is 19.7. The minimum absolute atomic E-state index is 0.0179. The van der Waals surface area contributed by atoms with E-state index in [1.165, 1.54) is 0 Å². The Morgan fingerprint density at radius 1 is 1.22 bits per heavy atom. The molecule has 4 aliphatic rings. The fourth-order valence-electron chi connectivity index (χ4n) is 7.09. The average molecular weight is 370 g/mol. The summed E-state index contributed by atoms with van der Waals surface area (Å²) in [5, 5.41) is 9.30. The van der Waals surface area contributed by atoms with Crippen molar-refractivity contribution in [2.75, 3.05) is 0 Å². The Kier molecular flexibility index (Phi) is 3.89. The topological polar surface area (TPSA) is 88.5 Å². The molecule has 0 radical (unpaired) electrons. The average Bonchev–Trinajstić information content (AvgIpc) is 2.84. The maximum atomic E-state index is 13.4. The molecule has 7 atom stereocenters. The highest BCUT2D eigenvalue weighted by molar-refractivity contribution is 6.33. The Morgan fingerprint density at radius 2 is 1.93 bits per heavy atom. The van der Waals surface area contributed by atoms with E-state index in [0.29, 0.717) is 0 Å². The quantitative estimate of drug-likeness (QED) is 0.755. The lowest BCUT2D eigenvalue weighted by molar-refractivity contribution is -0.157. The molecule has 0 aliphatic heterocycles. The molecule has 3 saturated carbocycles. The first kappa shape index (κ1) is 18.3. The van der Waals surface area contributed by atoms with Gasteiger partial charge in [-0.25, -0.2) is 4.79 Å². The van der Waals surface area contributed by atoms with Crippen LogP contribution in [-0.2, 0) is 19.2 Å². The summed E-state index contributed by atoms with van der Waals surface area (Å²) in [6, 6.07) is 0. The van der Waals surface area contributed by atoms with E-state index in [9.17, 15) is 24.3 Å². The van der Waals surface area contributed by atoms with Crippen molar-refractivity contribution >= 4 is 23.3 Å². The molecule has 144 valence electrons. The number of carbonyl (C=O) groups excluding carboxylic acids is 3. The number of carboxylic acid groups (broad SMARTS) is 1. The molecule has 0 aromatic carbocycles. The van der Waals surface area contributed by atoms with Gasteiger partial charge in [-0.2, -0.15) is 0 Å². The molecule has 0 bridgehead atoms. The maximum absolute atomic E-state index is 13.4. The molecule has 3 fully saturated rings. The number of aliphatic carboxylic acids is 1. The second-order valence-electron chi connectivity index (χ2n) is 9.48. The second kappa shape index (κ2) is 5.73. The number of carboxylic acids is 1. The molecule has 0 aromatic heterocycles. The lowest BCUT2D eigenvalue weighted by Crippen LogP contribution is -2.55. The standard InChI is InChI=1S/C22H26O5/c1-11-8-15-14-5-4-12-9-13(23)6-7-21(12,2)18(14)16(24)10-22(15,3)17(11)19(25)20(26)27/h6-7,9,11,14-15,17-18H,4-5,8,10H2,1-3H3,(H,26,27)/t11?,14-,15-,17+,18+,21-,22-/m0/s1. The molecule has 4 aliphatic carbocycles. The number of hydrogen-bond donors (Lipinski definition) is 1. The number of allylic oxidation sites excluding steroid dienone is 4. The summed E-state index contributed by atoms with van der Waals surface area (Å²) in [7, 11) is 0. The van der Waals surface area contributed by atoms with Gasteiger partial charge in [0.2, 0.25) is 5.78 Å². The van der Waals surface area contributed by atoms with Gasteiger partial charge in [-0.05, 0) is 54.6 Å². The van der Waals surface area contributed by atoms with Crippen LogP contribution in [0.1, 0.15) is 46.5 Å². The fourth-order valence-corrected chi connectivity index (χ4v) is 7.09. The molecular weight excluding hydrogens is 344 g/mol. The predicted octanol–water partition coefficient (Wildman–Crippen LogP) is 2.99. The first-order valence-electron chi connectivity index (χ1n) is 9.83. The Labute approximate surface area is 158 Å². The summed E-state index contributed by atoms with van der Waals surface area (Å²) in [6.45, 7) is 5.95. The molecule has 0 amide bonds. The number of ketones is 3. The Hall–Kier alpha value is -2.04. The van der Waals surface area contributed by atoms with Gasteiger partial charge < -0.3 is 5.11 Å². The summed E-state index contributed by atoms with van der Waals surface area (Å²) in [5.74, 6) is -2.58. The molecule has 27 heavy (non-hydrogen) atoms. The molecule has 0 aromatic rings.